The molecular weight excluding hydrogens is 342 g/mol. The van der Waals surface area contributed by atoms with E-state index in [0.717, 1.165) is 17.5 Å². The van der Waals surface area contributed by atoms with E-state index in [9.17, 15) is 24.8 Å². The number of nitro benzene ring substituents is 1. The second-order valence-electron chi connectivity index (χ2n) is 6.58. The third-order valence-corrected chi connectivity index (χ3v) is 5.26. The number of phenols is 1. The summed E-state index contributed by atoms with van der Waals surface area (Å²) in [7, 11) is 1.26. The molecular formula is C17H15N3O6. The van der Waals surface area contributed by atoms with Crippen LogP contribution in [0.3, 0.4) is 0 Å². The highest BCUT2D eigenvalue weighted by Crippen LogP contribution is 2.52. The van der Waals surface area contributed by atoms with Gasteiger partial charge in [-0.25, -0.2) is 0 Å². The van der Waals surface area contributed by atoms with Crippen LogP contribution in [0, 0.1) is 33.8 Å². The molecule has 2 aliphatic carbocycles. The summed E-state index contributed by atoms with van der Waals surface area (Å²) in [6.45, 7) is 0. The van der Waals surface area contributed by atoms with Gasteiger partial charge >= 0.3 is 5.69 Å². The van der Waals surface area contributed by atoms with E-state index in [1.54, 1.807) is 0 Å². The van der Waals surface area contributed by atoms with Crippen LogP contribution in [0.2, 0.25) is 0 Å². The van der Waals surface area contributed by atoms with Crippen LogP contribution < -0.4 is 4.74 Å². The van der Waals surface area contributed by atoms with Gasteiger partial charge in [0.15, 0.2) is 5.75 Å². The predicted octanol–water partition coefficient (Wildman–Crippen LogP) is 1.45. The second-order valence-corrected chi connectivity index (χ2v) is 6.58. The molecule has 0 unspecified atom stereocenters. The number of fused-ring (bicyclic) bond motifs is 5. The van der Waals surface area contributed by atoms with Crippen molar-refractivity contribution in [3.05, 3.63) is 40.0 Å². The highest BCUT2D eigenvalue weighted by atomic mass is 16.6. The van der Waals surface area contributed by atoms with Crippen LogP contribution in [0.4, 0.5) is 5.69 Å². The molecule has 1 heterocycles. The zero-order chi connectivity index (χ0) is 18.6. The highest BCUT2D eigenvalue weighted by Gasteiger charge is 2.59. The normalized spacial score (nSPS) is 29.0. The minimum absolute atomic E-state index is 0.0801. The first kappa shape index (κ1) is 16.2. The Balaban J connectivity index is 1.63. The molecule has 4 rings (SSSR count). The largest absolute Gasteiger partial charge is 0.500 e. The molecule has 2 bridgehead atoms. The molecule has 1 N–H and O–H groups in total. The van der Waals surface area contributed by atoms with Crippen LogP contribution in [-0.2, 0) is 9.59 Å². The Morgan fingerprint density at radius 2 is 1.88 bits per heavy atom. The molecule has 9 nitrogen and oxygen atoms in total. The minimum atomic E-state index is -0.755. The summed E-state index contributed by atoms with van der Waals surface area (Å²) in [6, 6.07) is 2.43. The Labute approximate surface area is 147 Å². The van der Waals surface area contributed by atoms with Crippen molar-refractivity contribution in [1.82, 2.24) is 5.01 Å². The van der Waals surface area contributed by atoms with E-state index in [4.69, 9.17) is 4.74 Å². The van der Waals surface area contributed by atoms with Gasteiger partial charge in [0.25, 0.3) is 11.8 Å². The minimum Gasteiger partial charge on any atom is -0.500 e. The molecule has 0 spiro atoms. The van der Waals surface area contributed by atoms with E-state index in [2.05, 4.69) is 5.10 Å². The summed E-state index contributed by atoms with van der Waals surface area (Å²) in [5.74, 6) is -1.94. The van der Waals surface area contributed by atoms with Crippen molar-refractivity contribution >= 4 is 23.7 Å². The van der Waals surface area contributed by atoms with Crippen LogP contribution in [0.15, 0.2) is 29.4 Å². The first-order valence-electron chi connectivity index (χ1n) is 8.08. The fraction of sp³-hybridized carbons (Fsp3) is 0.353. The number of imide groups is 1. The maximum Gasteiger partial charge on any atom is 0.315 e. The van der Waals surface area contributed by atoms with Gasteiger partial charge in [-0.2, -0.15) is 10.1 Å². The van der Waals surface area contributed by atoms with E-state index >= 15 is 0 Å². The molecule has 2 fully saturated rings. The van der Waals surface area contributed by atoms with Crippen molar-refractivity contribution in [2.24, 2.45) is 28.8 Å². The van der Waals surface area contributed by atoms with Crippen LogP contribution >= 0.6 is 0 Å². The summed E-state index contributed by atoms with van der Waals surface area (Å²) in [6.07, 6.45) is 5.98. The second kappa shape index (κ2) is 5.65. The van der Waals surface area contributed by atoms with Crippen molar-refractivity contribution in [1.29, 1.82) is 0 Å². The van der Waals surface area contributed by atoms with E-state index in [1.165, 1.54) is 19.4 Å². The molecule has 0 radical (unpaired) electrons. The summed E-state index contributed by atoms with van der Waals surface area (Å²) in [4.78, 5) is 35.4. The van der Waals surface area contributed by atoms with Gasteiger partial charge in [-0.3, -0.25) is 19.7 Å². The van der Waals surface area contributed by atoms with Crippen molar-refractivity contribution in [3.63, 3.8) is 0 Å². The number of nitrogens with zero attached hydrogens (tertiary/aromatic N) is 3. The maximum absolute atomic E-state index is 12.5. The number of benzene rings is 1. The Morgan fingerprint density at radius 3 is 2.42 bits per heavy atom. The lowest BCUT2D eigenvalue weighted by molar-refractivity contribution is -0.386. The Kier molecular flexibility index (Phi) is 3.53. The van der Waals surface area contributed by atoms with Gasteiger partial charge < -0.3 is 9.84 Å². The molecule has 0 aromatic heterocycles. The number of hydrazone groups is 1. The fourth-order valence-electron chi connectivity index (χ4n) is 4.11. The van der Waals surface area contributed by atoms with E-state index in [0.29, 0.717) is 0 Å². The zero-order valence-corrected chi connectivity index (χ0v) is 13.7. The number of aromatic hydroxyl groups is 1. The molecule has 9 heteroatoms. The first-order valence-corrected chi connectivity index (χ1v) is 8.08. The summed E-state index contributed by atoms with van der Waals surface area (Å²) in [5, 5.41) is 25.6. The zero-order valence-electron chi connectivity index (χ0n) is 13.7. The van der Waals surface area contributed by atoms with E-state index in [-0.39, 0.29) is 46.8 Å². The van der Waals surface area contributed by atoms with Crippen molar-refractivity contribution in [3.8, 4) is 11.5 Å². The molecule has 1 saturated carbocycles. The monoisotopic (exact) mass is 357 g/mol. The van der Waals surface area contributed by atoms with Gasteiger partial charge in [-0.05, 0) is 24.3 Å². The number of carbonyl (C=O) groups is 2. The number of hydrogen-bond acceptors (Lipinski definition) is 7. The lowest BCUT2D eigenvalue weighted by atomic mass is 9.85. The number of carbonyl (C=O) groups excluding carboxylic acids is 2. The van der Waals surface area contributed by atoms with Crippen LogP contribution in [0.25, 0.3) is 0 Å². The van der Waals surface area contributed by atoms with Crippen LogP contribution in [0.1, 0.15) is 12.0 Å². The lowest BCUT2D eigenvalue weighted by Gasteiger charge is -2.13. The number of hydrogen-bond donors (Lipinski definition) is 1. The topological polar surface area (TPSA) is 122 Å². The van der Waals surface area contributed by atoms with Gasteiger partial charge in [-0.15, -0.1) is 0 Å². The van der Waals surface area contributed by atoms with E-state index in [1.807, 2.05) is 12.2 Å². The number of rotatable bonds is 4. The predicted molar refractivity (Wildman–Crippen MR) is 88.5 cm³/mol. The Hall–Kier alpha value is -3.23. The van der Waals surface area contributed by atoms with Crippen molar-refractivity contribution in [2.75, 3.05) is 7.11 Å². The molecule has 1 saturated heterocycles. The standard InChI is InChI=1S/C17H15N3O6/c1-26-12-5-8(4-11(15(12)21)20(24)25)7-18-19-16(22)13-9-2-3-10(6-9)14(13)17(19)23/h2-5,7,9-10,13-14,21H,6H2,1H3/t9-,10-,13-,14+/m0/s1. The highest BCUT2D eigenvalue weighted by molar-refractivity contribution is 6.06. The molecule has 134 valence electrons. The maximum atomic E-state index is 12.5. The number of nitro groups is 1. The number of amides is 2. The van der Waals surface area contributed by atoms with Gasteiger partial charge in [-0.1, -0.05) is 12.2 Å². The summed E-state index contributed by atoms with van der Waals surface area (Å²) < 4.78 is 4.92. The molecule has 1 aromatic carbocycles. The number of ether oxygens (including phenoxy) is 1. The molecule has 26 heavy (non-hydrogen) atoms. The Morgan fingerprint density at radius 1 is 1.27 bits per heavy atom. The van der Waals surface area contributed by atoms with Crippen LogP contribution in [-0.4, -0.2) is 40.2 Å². The van der Waals surface area contributed by atoms with Crippen molar-refractivity contribution in [2.45, 2.75) is 6.42 Å². The lowest BCUT2D eigenvalue weighted by Crippen LogP contribution is -2.28. The molecule has 2 amide bonds. The smallest absolute Gasteiger partial charge is 0.315 e. The average Bonchev–Trinajstić information content (AvgIpc) is 3.28. The summed E-state index contributed by atoms with van der Waals surface area (Å²) in [5.41, 5.74) is -0.325. The van der Waals surface area contributed by atoms with Crippen LogP contribution in [0.5, 0.6) is 11.5 Å². The Bertz CT molecular complexity index is 863. The summed E-state index contributed by atoms with van der Waals surface area (Å²) >= 11 is 0. The van der Waals surface area contributed by atoms with E-state index < -0.39 is 16.4 Å². The van der Waals surface area contributed by atoms with Gasteiger partial charge in [0, 0.05) is 11.6 Å². The number of methoxy groups -OCH3 is 1. The third kappa shape index (κ3) is 2.20. The number of allylic oxidation sites excluding steroid dienone is 2. The average molecular weight is 357 g/mol. The molecule has 3 aliphatic rings. The first-order chi connectivity index (χ1) is 12.4. The quantitative estimate of drug-likeness (QED) is 0.286. The third-order valence-electron chi connectivity index (χ3n) is 5.26. The van der Waals surface area contributed by atoms with Gasteiger partial charge in [0.1, 0.15) is 0 Å². The fourth-order valence-corrected chi connectivity index (χ4v) is 4.11. The van der Waals surface area contributed by atoms with Gasteiger partial charge in [0.2, 0.25) is 5.75 Å². The van der Waals surface area contributed by atoms with Gasteiger partial charge in [0.05, 0.1) is 30.1 Å². The molecule has 1 aromatic rings. The van der Waals surface area contributed by atoms with Crippen molar-refractivity contribution < 1.29 is 24.4 Å². The molecule has 1 aliphatic heterocycles. The number of phenolic OH excluding ortho intramolecular Hbond substituents is 1. The molecule has 4 atom stereocenters. The SMILES string of the molecule is COc1cc(C=NN2C(=O)[C@@H]3[C@H](C2=O)[C@H]2C=C[C@H]3C2)cc([N+](=O)[O-])c1O.